The van der Waals surface area contributed by atoms with Crippen molar-refractivity contribution >= 4 is 52.8 Å². The molecule has 4 saturated heterocycles. The lowest BCUT2D eigenvalue weighted by Gasteiger charge is -2.52. The molecule has 143 heavy (non-hydrogen) atoms. The van der Waals surface area contributed by atoms with Crippen LogP contribution < -0.4 is 24.9 Å². The van der Waals surface area contributed by atoms with Gasteiger partial charge in [-0.15, -0.1) is 0 Å². The number of amides is 9. The summed E-state index contributed by atoms with van der Waals surface area (Å²) >= 11 is 0. The highest BCUT2D eigenvalue weighted by molar-refractivity contribution is 5.99. The number of alkyl halides is 3. The highest BCUT2D eigenvalue weighted by Crippen LogP contribution is 2.57. The number of aromatic nitrogens is 3. The van der Waals surface area contributed by atoms with Crippen LogP contribution >= 0.6 is 0 Å². The van der Waals surface area contributed by atoms with Crippen molar-refractivity contribution in [3.05, 3.63) is 245 Å². The van der Waals surface area contributed by atoms with Gasteiger partial charge in [0.1, 0.15) is 11.8 Å². The van der Waals surface area contributed by atoms with Gasteiger partial charge in [-0.2, -0.15) is 23.7 Å². The Morgan fingerprint density at radius 1 is 0.385 bits per heavy atom. The number of nitrogens with one attached hydrogen (secondary N) is 1. The van der Waals surface area contributed by atoms with Crippen molar-refractivity contribution < 1.29 is 52.5 Å². The number of rotatable bonds is 23. The molecule has 13 aliphatic rings. The second-order valence-electron chi connectivity index (χ2n) is 44.9. The monoisotopic (exact) mass is 1950 g/mol. The average Bonchev–Trinajstić information content (AvgIpc) is 1.48. The molecule has 13 fully saturated rings. The van der Waals surface area contributed by atoms with E-state index in [0.29, 0.717) is 98.7 Å². The minimum atomic E-state index is -4.61. The molecule has 9 aliphatic carbocycles. The number of hydrogen-bond acceptors (Lipinski definition) is 17. The van der Waals surface area contributed by atoms with Gasteiger partial charge in [-0.05, 0) is 319 Å². The van der Waals surface area contributed by atoms with Crippen LogP contribution in [0, 0.1) is 34.5 Å². The van der Waals surface area contributed by atoms with Crippen LogP contribution in [-0.2, 0) is 28.3 Å². The standard InChI is InChI=1S/C32H43N5O4.C28H34N4O2.C28H34N4O.C26H32F3N5O/c1-35(2)32(24-8-4-3-5-9-24)18-16-29(17-19-32)22-36(28(39)37(29)23-31(41)14-7-15-31)25-10-11-26(33-20-25)27(38)34-21-30(40)12-6-13-30;1-30(2)28(23-10-4-3-5-11-23)17-15-26(16-18-28)20-31(24-12-7-6-9-22(24)19-29)25(33)32(26)21-27(34)13-8-14-27;1-30(2)28(24-11-4-3-5-12-24)16-14-27(15-17-28)21-31(25-13-7-10-23(18-25)19-29)26(33)32(27)20-22-8-6-9-22;1-32(2)25(20-9-4-3-5-10-20)13-11-24(12-14-25)18-33(23(35)34(24)17-19-7-6-8-19)21-15-30-22(31-16-21)26(27,28)29/h3-5,8-11,20,40-41H,6-7,12-19,21-23H2,1-2H3,(H,34,38);3-7,9-12,34H,8,13-18,20-21H2,1-2H3;3-5,7,10-13,18,22H,6,8-9,14-17,20-21H2,1-2H3;3-5,9-10,15-16,19H,6-8,11-14,17-18H2,1-2H3. The Morgan fingerprint density at radius 2 is 0.727 bits per heavy atom. The third kappa shape index (κ3) is 19.6. The van der Waals surface area contributed by atoms with Gasteiger partial charge in [0.25, 0.3) is 5.91 Å². The van der Waals surface area contributed by atoms with E-state index in [9.17, 15) is 63.0 Å². The minimum Gasteiger partial charge on any atom is -0.388 e. The zero-order valence-corrected chi connectivity index (χ0v) is 84.6. The fourth-order valence-electron chi connectivity index (χ4n) is 26.1. The topological polar surface area (TPSA) is 283 Å². The van der Waals surface area contributed by atoms with E-state index in [-0.39, 0.29) is 86.6 Å². The summed E-state index contributed by atoms with van der Waals surface area (Å²) in [5, 5.41) is 54.3. The summed E-state index contributed by atoms with van der Waals surface area (Å²) in [4.78, 5) is 104. The number of benzene rings is 6. The summed E-state index contributed by atoms with van der Waals surface area (Å²) in [5.74, 6) is -0.395. The number of nitrogens with zero attached hydrogens (tertiary/aromatic N) is 17. The number of hydrogen-bond donors (Lipinski definition) is 4. The Morgan fingerprint density at radius 3 is 1.06 bits per heavy atom. The zero-order valence-electron chi connectivity index (χ0n) is 84.6. The molecule has 0 atom stereocenters. The van der Waals surface area contributed by atoms with Crippen LogP contribution in [0.2, 0.25) is 0 Å². The number of aliphatic hydroxyl groups is 3. The van der Waals surface area contributed by atoms with Crippen molar-refractivity contribution in [2.75, 3.05) is 135 Å². The predicted molar refractivity (Wildman–Crippen MR) is 547 cm³/mol. The molecule has 4 N–H and O–H groups in total. The van der Waals surface area contributed by atoms with E-state index in [0.717, 1.165) is 185 Å². The minimum absolute atomic E-state index is 0.00580. The number of halogens is 3. The third-order valence-corrected chi connectivity index (χ3v) is 36.4. The first kappa shape index (κ1) is 102. The van der Waals surface area contributed by atoms with E-state index in [2.05, 4.69) is 222 Å². The molecule has 0 radical (unpaired) electrons. The maximum atomic E-state index is 14.0. The van der Waals surface area contributed by atoms with Crippen LogP contribution in [0.25, 0.3) is 0 Å². The number of carbonyl (C=O) groups is 5. The first-order chi connectivity index (χ1) is 68.5. The van der Waals surface area contributed by atoms with Gasteiger partial charge in [0.15, 0.2) is 0 Å². The Labute approximate surface area is 841 Å². The fourth-order valence-corrected chi connectivity index (χ4v) is 26.1. The van der Waals surface area contributed by atoms with Gasteiger partial charge >= 0.3 is 30.3 Å². The molecular weight excluding hydrogens is 1810 g/mol. The fraction of sp³-hybridized carbons (Fsp3) is 0.544. The molecule has 29 heteroatoms. The Hall–Kier alpha value is -11.4. The quantitative estimate of drug-likeness (QED) is 0.0463. The Kier molecular flexibility index (Phi) is 28.8. The molecule has 2 aromatic heterocycles. The summed E-state index contributed by atoms with van der Waals surface area (Å²) in [6.45, 7) is 4.76. The van der Waals surface area contributed by atoms with Gasteiger partial charge in [0, 0.05) is 47.5 Å². The lowest BCUT2D eigenvalue weighted by molar-refractivity contribution is -0.145. The van der Waals surface area contributed by atoms with Crippen molar-refractivity contribution in [3.63, 3.8) is 0 Å². The molecule has 26 nitrogen and oxygen atoms in total. The first-order valence-corrected chi connectivity index (χ1v) is 52.1. The SMILES string of the molecule is CN(C)C1(c2ccccc2)CCC2(CC1)CN(c1ccc(C(=O)NCC3(O)CCC3)nc1)C(=O)N2CC1(O)CCC1.CN(C)C1(c2ccccc2)CCC2(CC1)CN(c1cccc(C#N)c1)C(=O)N2CC1CCC1.CN(C)C1(c2ccccc2)CCC2(CC1)CN(c1ccccc1C#N)C(=O)N2CC1(O)CCC1.CN(C)C1(c2ccccc2)CCC2(CC1)CN(c1cnc(C(F)(F)F)nc1)C(=O)N2CC1CCC1. The molecule has 8 aromatic rings. The number of pyridine rings is 1. The van der Waals surface area contributed by atoms with Gasteiger partial charge in [0.2, 0.25) is 5.82 Å². The van der Waals surface area contributed by atoms with Crippen molar-refractivity contribution in [3.8, 4) is 12.1 Å². The van der Waals surface area contributed by atoms with E-state index < -0.39 is 28.8 Å². The van der Waals surface area contributed by atoms with E-state index in [1.807, 2.05) is 68.1 Å². The number of β-amino-alcohol motifs (C(OH)–C–C–N with tert-alkyl or cyclic N) is 2. The number of nitriles is 2. The third-order valence-electron chi connectivity index (χ3n) is 36.4. The summed E-state index contributed by atoms with van der Waals surface area (Å²) < 4.78 is 38.9. The van der Waals surface area contributed by atoms with Gasteiger partial charge < -0.3 is 40.2 Å². The predicted octanol–water partition coefficient (Wildman–Crippen LogP) is 18.8. The molecule has 9 saturated carbocycles. The molecule has 6 aromatic carbocycles. The Bertz CT molecular complexity index is 5890. The number of para-hydroxylation sites is 1. The summed E-state index contributed by atoms with van der Waals surface area (Å²) in [6.07, 6.45) is 28.3. The van der Waals surface area contributed by atoms with Crippen LogP contribution in [0.4, 0.5) is 55.1 Å². The van der Waals surface area contributed by atoms with Crippen LogP contribution in [0.15, 0.2) is 201 Å². The molecule has 9 amide bonds. The maximum Gasteiger partial charge on any atom is 0.451 e. The number of anilines is 4. The molecular formula is C114H143F3N18O8. The maximum absolute atomic E-state index is 14.0. The first-order valence-electron chi connectivity index (χ1n) is 52.1. The van der Waals surface area contributed by atoms with Crippen LogP contribution in [0.1, 0.15) is 249 Å². The zero-order chi connectivity index (χ0) is 101. The lowest BCUT2D eigenvalue weighted by Crippen LogP contribution is -2.59. The highest BCUT2D eigenvalue weighted by atomic mass is 19.4. The molecule has 758 valence electrons. The second kappa shape index (κ2) is 40.5. The van der Waals surface area contributed by atoms with Crippen molar-refractivity contribution in [1.82, 2.24) is 59.5 Å². The molecule has 4 spiro atoms. The van der Waals surface area contributed by atoms with E-state index in [1.54, 1.807) is 45.2 Å². The van der Waals surface area contributed by atoms with Crippen LogP contribution in [-0.4, -0.2) is 254 Å². The van der Waals surface area contributed by atoms with Gasteiger partial charge in [-0.25, -0.2) is 34.1 Å². The van der Waals surface area contributed by atoms with Gasteiger partial charge in [-0.1, -0.05) is 152 Å². The highest BCUT2D eigenvalue weighted by Gasteiger charge is 2.62. The normalized spacial score (nSPS) is 28.1. The Balaban J connectivity index is 0.000000126. The van der Waals surface area contributed by atoms with Crippen molar-refractivity contribution in [1.29, 1.82) is 10.5 Å². The number of urea groups is 4. The smallest absolute Gasteiger partial charge is 0.388 e. The van der Waals surface area contributed by atoms with E-state index in [4.69, 9.17) is 0 Å². The van der Waals surface area contributed by atoms with E-state index in [1.165, 1.54) is 47.9 Å². The van der Waals surface area contributed by atoms with Crippen molar-refractivity contribution in [2.24, 2.45) is 11.8 Å². The molecule has 21 rings (SSSR count). The summed E-state index contributed by atoms with van der Waals surface area (Å²) in [6, 6.07) is 65.2. The molecule has 6 heterocycles. The van der Waals surface area contributed by atoms with E-state index >= 15 is 0 Å². The lowest BCUT2D eigenvalue weighted by atomic mass is 9.67. The summed E-state index contributed by atoms with van der Waals surface area (Å²) in [7, 11) is 17.2. The average molecular weight is 1950 g/mol. The van der Waals surface area contributed by atoms with Gasteiger partial charge in [-0.3, -0.25) is 44.0 Å². The molecule has 0 unspecified atom stereocenters. The number of carbonyl (C=O) groups excluding carboxylic acids is 5. The van der Waals surface area contributed by atoms with Crippen LogP contribution in [0.3, 0.4) is 0 Å². The largest absolute Gasteiger partial charge is 0.451 e. The second-order valence-corrected chi connectivity index (χ2v) is 44.9. The van der Waals surface area contributed by atoms with Crippen molar-refractivity contribution in [2.45, 2.75) is 266 Å². The summed E-state index contributed by atoms with van der Waals surface area (Å²) in [5.41, 5.74) is 5.23. The molecule has 0 bridgehead atoms. The molecule has 4 aliphatic heterocycles. The van der Waals surface area contributed by atoms with Crippen LogP contribution in [0.5, 0.6) is 0 Å². The van der Waals surface area contributed by atoms with Gasteiger partial charge in [0.05, 0.1) is 131 Å².